The Morgan fingerprint density at radius 2 is 1.80 bits per heavy atom. The van der Waals surface area contributed by atoms with Gasteiger partial charge in [0, 0.05) is 44.2 Å². The molecule has 0 aliphatic carbocycles. The molecule has 0 aromatic heterocycles. The van der Waals surface area contributed by atoms with E-state index in [1.165, 1.54) is 0 Å². The minimum atomic E-state index is -1.13. The molecule has 1 N–H and O–H groups in total. The predicted octanol–water partition coefficient (Wildman–Crippen LogP) is 3.71. The lowest BCUT2D eigenvalue weighted by Gasteiger charge is -2.37. The molecule has 41 heavy (non-hydrogen) atoms. The predicted molar refractivity (Wildman–Crippen MR) is 159 cm³/mol. The van der Waals surface area contributed by atoms with Crippen LogP contribution in [0.25, 0.3) is 0 Å². The number of nitrogens with zero attached hydrogens (tertiary/aromatic N) is 3. The third-order valence-electron chi connectivity index (χ3n) is 9.01. The Labute approximate surface area is 243 Å². The molecule has 3 heterocycles. The maximum Gasteiger partial charge on any atom is 0.312 e. The summed E-state index contributed by atoms with van der Waals surface area (Å²) >= 11 is 0. The molecule has 0 radical (unpaired) electrons. The lowest BCUT2D eigenvalue weighted by Crippen LogP contribution is -2.56. The molecule has 1 aromatic carbocycles. The van der Waals surface area contributed by atoms with E-state index in [-0.39, 0.29) is 38.1 Å². The van der Waals surface area contributed by atoms with Crippen LogP contribution in [0.3, 0.4) is 0 Å². The van der Waals surface area contributed by atoms with Gasteiger partial charge in [0.2, 0.25) is 5.91 Å². The maximum absolute atomic E-state index is 14.6. The number of amides is 2. The first-order chi connectivity index (χ1) is 19.7. The summed E-state index contributed by atoms with van der Waals surface area (Å²) in [7, 11) is 0. The number of ether oxygens (including phenoxy) is 2. The Bertz CT molecular complexity index is 1130. The number of fused-ring (bicyclic) bond motifs is 1. The zero-order valence-electron chi connectivity index (χ0n) is 24.7. The fourth-order valence-corrected chi connectivity index (χ4v) is 7.06. The molecule has 3 aliphatic rings. The van der Waals surface area contributed by atoms with Crippen LogP contribution in [0.2, 0.25) is 0 Å². The lowest BCUT2D eigenvalue weighted by atomic mass is 9.66. The summed E-state index contributed by atoms with van der Waals surface area (Å²) in [6.45, 7) is 16.1. The molecule has 1 spiro atoms. The van der Waals surface area contributed by atoms with Gasteiger partial charge in [-0.15, -0.1) is 13.2 Å². The summed E-state index contributed by atoms with van der Waals surface area (Å²) < 4.78 is 12.2. The van der Waals surface area contributed by atoms with Crippen molar-refractivity contribution >= 4 is 29.2 Å². The number of aliphatic hydroxyl groups is 1. The molecule has 2 bridgehead atoms. The van der Waals surface area contributed by atoms with E-state index in [2.05, 4.69) is 31.9 Å². The van der Waals surface area contributed by atoms with Crippen molar-refractivity contribution in [3.63, 3.8) is 0 Å². The number of carbonyl (C=O) groups excluding carboxylic acids is 3. The molecule has 4 rings (SSSR count). The van der Waals surface area contributed by atoms with Crippen LogP contribution in [-0.4, -0.2) is 84.4 Å². The van der Waals surface area contributed by atoms with E-state index in [1.807, 2.05) is 31.2 Å². The molecule has 0 saturated carbocycles. The van der Waals surface area contributed by atoms with E-state index in [1.54, 1.807) is 22.0 Å². The largest absolute Gasteiger partial charge is 0.465 e. The van der Waals surface area contributed by atoms with E-state index in [9.17, 15) is 19.5 Å². The Hall–Kier alpha value is -3.17. The number of likely N-dealkylation sites (tertiary alicyclic amines) is 1. The maximum atomic E-state index is 14.6. The molecular weight excluding hydrogens is 522 g/mol. The summed E-state index contributed by atoms with van der Waals surface area (Å²) in [5.74, 6) is -2.59. The number of benzene rings is 1. The monoisotopic (exact) mass is 567 g/mol. The molecule has 9 heteroatoms. The molecule has 2 unspecified atom stereocenters. The highest BCUT2D eigenvalue weighted by Gasteiger charge is 2.78. The summed E-state index contributed by atoms with van der Waals surface area (Å²) in [6, 6.07) is 6.93. The summed E-state index contributed by atoms with van der Waals surface area (Å²) in [5.41, 5.74) is -0.262. The van der Waals surface area contributed by atoms with Crippen molar-refractivity contribution in [2.45, 2.75) is 70.1 Å². The Morgan fingerprint density at radius 3 is 2.41 bits per heavy atom. The van der Waals surface area contributed by atoms with Crippen LogP contribution >= 0.6 is 0 Å². The first-order valence-corrected chi connectivity index (χ1v) is 14.9. The summed E-state index contributed by atoms with van der Waals surface area (Å²) in [6.07, 6.45) is 5.93. The van der Waals surface area contributed by atoms with Gasteiger partial charge in [-0.25, -0.2) is 0 Å². The average Bonchev–Trinajstić information content (AvgIpc) is 3.53. The number of esters is 1. The lowest BCUT2D eigenvalue weighted by molar-refractivity contribution is -0.159. The molecule has 1 aromatic rings. The zero-order valence-corrected chi connectivity index (χ0v) is 24.7. The second-order valence-electron chi connectivity index (χ2n) is 11.4. The van der Waals surface area contributed by atoms with E-state index >= 15 is 0 Å². The van der Waals surface area contributed by atoms with Crippen LogP contribution in [0.5, 0.6) is 0 Å². The number of hydrogen-bond acceptors (Lipinski definition) is 7. The average molecular weight is 568 g/mol. The normalized spacial score (nSPS) is 28.0. The first-order valence-electron chi connectivity index (χ1n) is 14.9. The topological polar surface area (TPSA) is 99.6 Å². The zero-order chi connectivity index (χ0) is 29.8. The molecule has 2 amide bonds. The van der Waals surface area contributed by atoms with Crippen molar-refractivity contribution in [1.82, 2.24) is 4.90 Å². The fraction of sp³-hybridized carbons (Fsp3) is 0.594. The standard InChI is InChI=1S/C32H45N3O6/c1-6-10-22-40-30(39)26-25-28(37)35(20-11-12-21-36)27(32(25)18-17-31(26,5)41-32)29(38)34(19-7-2)24-15-13-23(14-16-24)33(8-3)9-4/h6-7,13-16,25-27,36H,1-2,8-12,17-22H2,3-5H3/t25-,26+,27?,31-,32?/m0/s1. The molecule has 5 atom stereocenters. The number of rotatable bonds is 15. The minimum Gasteiger partial charge on any atom is -0.465 e. The number of anilines is 2. The minimum absolute atomic E-state index is 0.0104. The molecule has 3 aliphatic heterocycles. The number of unbranched alkanes of at least 4 members (excludes halogenated alkanes) is 1. The molecule has 9 nitrogen and oxygen atoms in total. The highest BCUT2D eigenvalue weighted by Crippen LogP contribution is 2.63. The van der Waals surface area contributed by atoms with E-state index < -0.39 is 35.0 Å². The highest BCUT2D eigenvalue weighted by atomic mass is 16.6. The molecular formula is C32H45N3O6. The van der Waals surface area contributed by atoms with Crippen molar-refractivity contribution in [2.24, 2.45) is 11.8 Å². The van der Waals surface area contributed by atoms with Crippen LogP contribution in [0.1, 0.15) is 52.9 Å². The van der Waals surface area contributed by atoms with Gasteiger partial charge in [-0.05, 0) is 77.1 Å². The van der Waals surface area contributed by atoms with Crippen molar-refractivity contribution < 1.29 is 29.0 Å². The number of aliphatic hydroxyl groups excluding tert-OH is 1. The SMILES string of the molecule is C=CCCOC(=O)[C@H]1[C@H]2C(=O)N(CCCCO)C(C(=O)N(CC=C)c3ccc(N(CC)CC)cc3)C23CC[C@]1(C)O3. The van der Waals surface area contributed by atoms with Crippen molar-refractivity contribution in [3.05, 3.63) is 49.6 Å². The number of hydrogen-bond donors (Lipinski definition) is 1. The van der Waals surface area contributed by atoms with E-state index in [0.29, 0.717) is 37.8 Å². The van der Waals surface area contributed by atoms with Crippen molar-refractivity contribution in [3.8, 4) is 0 Å². The van der Waals surface area contributed by atoms with Gasteiger partial charge in [0.1, 0.15) is 17.6 Å². The summed E-state index contributed by atoms with van der Waals surface area (Å²) in [5, 5.41) is 9.42. The van der Waals surface area contributed by atoms with Crippen molar-refractivity contribution in [2.75, 3.05) is 49.2 Å². The van der Waals surface area contributed by atoms with Gasteiger partial charge >= 0.3 is 5.97 Å². The van der Waals surface area contributed by atoms with Crippen LogP contribution in [0.15, 0.2) is 49.6 Å². The van der Waals surface area contributed by atoms with Gasteiger partial charge in [-0.2, -0.15) is 0 Å². The Morgan fingerprint density at radius 1 is 1.12 bits per heavy atom. The quantitative estimate of drug-likeness (QED) is 0.196. The van der Waals surface area contributed by atoms with Gasteiger partial charge in [0.25, 0.3) is 5.91 Å². The fourth-order valence-electron chi connectivity index (χ4n) is 7.06. The van der Waals surface area contributed by atoms with Crippen LogP contribution in [-0.2, 0) is 23.9 Å². The molecule has 224 valence electrons. The van der Waals surface area contributed by atoms with Crippen LogP contribution < -0.4 is 9.80 Å². The third kappa shape index (κ3) is 5.42. The molecule has 3 saturated heterocycles. The van der Waals surface area contributed by atoms with Gasteiger partial charge in [0.05, 0.1) is 18.1 Å². The van der Waals surface area contributed by atoms with Crippen LogP contribution in [0.4, 0.5) is 11.4 Å². The number of carbonyl (C=O) groups is 3. The van der Waals surface area contributed by atoms with Crippen molar-refractivity contribution in [1.29, 1.82) is 0 Å². The van der Waals surface area contributed by atoms with Gasteiger partial charge < -0.3 is 29.3 Å². The van der Waals surface area contributed by atoms with E-state index in [0.717, 1.165) is 18.8 Å². The summed E-state index contributed by atoms with van der Waals surface area (Å²) in [4.78, 5) is 47.6. The van der Waals surface area contributed by atoms with Gasteiger partial charge in [-0.1, -0.05) is 12.2 Å². The van der Waals surface area contributed by atoms with E-state index in [4.69, 9.17) is 9.47 Å². The van der Waals surface area contributed by atoms with Gasteiger partial charge in [0.15, 0.2) is 0 Å². The molecule has 3 fully saturated rings. The second kappa shape index (κ2) is 12.8. The first kappa shape index (κ1) is 30.8. The Kier molecular flexibility index (Phi) is 9.59. The highest BCUT2D eigenvalue weighted by molar-refractivity contribution is 6.05. The third-order valence-corrected chi connectivity index (χ3v) is 9.01. The van der Waals surface area contributed by atoms with Crippen LogP contribution in [0, 0.1) is 11.8 Å². The Balaban J connectivity index is 1.72. The second-order valence-corrected chi connectivity index (χ2v) is 11.4. The smallest absolute Gasteiger partial charge is 0.312 e. The van der Waals surface area contributed by atoms with Gasteiger partial charge in [-0.3, -0.25) is 14.4 Å².